The molecular weight excluding hydrogens is 461 g/mol. The van der Waals surface area contributed by atoms with Crippen molar-refractivity contribution in [1.82, 2.24) is 9.88 Å². The third-order valence-electron chi connectivity index (χ3n) is 4.73. The molecule has 3 rings (SSSR count). The van der Waals surface area contributed by atoms with Crippen LogP contribution in [0.25, 0.3) is 0 Å². The molecule has 2 aromatic carbocycles. The van der Waals surface area contributed by atoms with Crippen molar-refractivity contribution in [3.63, 3.8) is 0 Å². The van der Waals surface area contributed by atoms with Crippen LogP contribution in [0.15, 0.2) is 60.9 Å². The Morgan fingerprint density at radius 1 is 1.09 bits per heavy atom. The second-order valence-corrected chi connectivity index (χ2v) is 7.76. The normalized spacial score (nSPS) is 11.7. The molecule has 0 saturated heterocycles. The minimum absolute atomic E-state index is 0.00851. The molecule has 0 bridgehead atoms. The molecule has 1 aromatic heterocycles. The molecule has 0 N–H and O–H groups in total. The highest BCUT2D eigenvalue weighted by Gasteiger charge is 2.31. The molecule has 32 heavy (non-hydrogen) atoms. The lowest BCUT2D eigenvalue weighted by atomic mass is 9.99. The molecule has 0 unspecified atom stereocenters. The summed E-state index contributed by atoms with van der Waals surface area (Å²) in [7, 11) is 1.22. The fourth-order valence-corrected chi connectivity index (χ4v) is 3.79. The van der Waals surface area contributed by atoms with E-state index in [0.717, 1.165) is 12.1 Å². The highest BCUT2D eigenvalue weighted by molar-refractivity contribution is 6.35. The molecule has 9 heteroatoms. The molecule has 1 amide bonds. The van der Waals surface area contributed by atoms with Crippen LogP contribution in [0.2, 0.25) is 10.0 Å². The summed E-state index contributed by atoms with van der Waals surface area (Å²) < 4.78 is 32.5. The molecular formula is C23H18Cl2F2N2O3. The van der Waals surface area contributed by atoms with Gasteiger partial charge in [0.15, 0.2) is 0 Å². The van der Waals surface area contributed by atoms with E-state index in [1.807, 2.05) is 0 Å². The van der Waals surface area contributed by atoms with Crippen molar-refractivity contribution in [1.29, 1.82) is 0 Å². The number of hydrogen-bond donors (Lipinski definition) is 0. The number of benzene rings is 2. The van der Waals surface area contributed by atoms with Gasteiger partial charge in [-0.25, -0.2) is 8.78 Å². The Kier molecular flexibility index (Phi) is 7.77. The number of pyridine rings is 1. The lowest BCUT2D eigenvalue weighted by Crippen LogP contribution is -2.36. The van der Waals surface area contributed by atoms with Crippen molar-refractivity contribution in [3.8, 4) is 0 Å². The van der Waals surface area contributed by atoms with Crippen LogP contribution >= 0.6 is 23.2 Å². The maximum absolute atomic E-state index is 13.8. The Bertz CT molecular complexity index is 1110. The van der Waals surface area contributed by atoms with Gasteiger partial charge in [-0.05, 0) is 41.5 Å². The molecule has 0 aliphatic heterocycles. The number of carbonyl (C=O) groups excluding carboxylic acids is 2. The van der Waals surface area contributed by atoms with Gasteiger partial charge in [-0.3, -0.25) is 14.6 Å². The van der Waals surface area contributed by atoms with E-state index in [4.69, 9.17) is 27.9 Å². The van der Waals surface area contributed by atoms with Crippen molar-refractivity contribution >= 4 is 35.1 Å². The van der Waals surface area contributed by atoms with Gasteiger partial charge in [-0.2, -0.15) is 0 Å². The van der Waals surface area contributed by atoms with Crippen molar-refractivity contribution in [2.75, 3.05) is 7.11 Å². The minimum Gasteiger partial charge on any atom is -0.469 e. The van der Waals surface area contributed by atoms with Gasteiger partial charge in [0.2, 0.25) is 0 Å². The van der Waals surface area contributed by atoms with Crippen molar-refractivity contribution in [3.05, 3.63) is 99.3 Å². The number of halogens is 4. The van der Waals surface area contributed by atoms with Crippen LogP contribution in [-0.2, 0) is 16.1 Å². The number of nitrogens with zero attached hydrogens (tertiary/aromatic N) is 2. The summed E-state index contributed by atoms with van der Waals surface area (Å²) in [6.45, 7) is -0.00851. The molecule has 0 spiro atoms. The zero-order valence-corrected chi connectivity index (χ0v) is 18.4. The second-order valence-electron chi connectivity index (χ2n) is 6.91. The number of amides is 1. The van der Waals surface area contributed by atoms with Crippen LogP contribution in [0.5, 0.6) is 0 Å². The van der Waals surface area contributed by atoms with Crippen LogP contribution in [0.1, 0.15) is 33.9 Å². The molecule has 0 aliphatic rings. The zero-order chi connectivity index (χ0) is 23.3. The number of aromatic nitrogens is 1. The summed E-state index contributed by atoms with van der Waals surface area (Å²) in [5.74, 6) is -3.10. The van der Waals surface area contributed by atoms with Gasteiger partial charge >= 0.3 is 5.97 Å². The molecule has 0 radical (unpaired) electrons. The molecule has 1 heterocycles. The van der Waals surface area contributed by atoms with E-state index in [9.17, 15) is 18.4 Å². The quantitative estimate of drug-likeness (QED) is 0.413. The first-order valence-corrected chi connectivity index (χ1v) is 10.2. The van der Waals surface area contributed by atoms with Gasteiger partial charge in [0, 0.05) is 40.6 Å². The minimum atomic E-state index is -0.911. The number of carbonyl (C=O) groups is 2. The van der Waals surface area contributed by atoms with Crippen LogP contribution in [0.3, 0.4) is 0 Å². The van der Waals surface area contributed by atoms with E-state index in [-0.39, 0.29) is 23.6 Å². The second kappa shape index (κ2) is 10.5. The third kappa shape index (κ3) is 5.81. The predicted molar refractivity (Wildman–Crippen MR) is 116 cm³/mol. The van der Waals surface area contributed by atoms with Crippen LogP contribution in [0, 0.1) is 11.6 Å². The van der Waals surface area contributed by atoms with E-state index in [0.29, 0.717) is 22.2 Å². The van der Waals surface area contributed by atoms with Crippen LogP contribution in [-0.4, -0.2) is 28.9 Å². The van der Waals surface area contributed by atoms with E-state index < -0.39 is 29.6 Å². The number of methoxy groups -OCH3 is 1. The lowest BCUT2D eigenvalue weighted by molar-refractivity contribution is -0.141. The van der Waals surface area contributed by atoms with Crippen LogP contribution in [0.4, 0.5) is 8.78 Å². The topological polar surface area (TPSA) is 59.5 Å². The summed E-state index contributed by atoms with van der Waals surface area (Å²) in [6, 6.07) is 9.69. The molecule has 0 fully saturated rings. The van der Waals surface area contributed by atoms with Gasteiger partial charge in [-0.15, -0.1) is 0 Å². The molecule has 0 aliphatic carbocycles. The van der Waals surface area contributed by atoms with E-state index >= 15 is 0 Å². The van der Waals surface area contributed by atoms with Crippen molar-refractivity contribution < 1.29 is 23.1 Å². The van der Waals surface area contributed by atoms with E-state index in [2.05, 4.69) is 4.98 Å². The van der Waals surface area contributed by atoms with Gasteiger partial charge in [0.1, 0.15) is 11.6 Å². The maximum Gasteiger partial charge on any atom is 0.307 e. The largest absolute Gasteiger partial charge is 0.469 e. The molecule has 3 aromatic rings. The standard InChI is InChI=1S/C23H18Cl2F2N2O3/c1-32-22(30)11-21(19-5-4-16(24)9-20(19)25)29(13-14-3-2-6-28-12-14)23(31)15-7-17(26)10-18(27)8-15/h2-10,12,21H,11,13H2,1H3/t21-/m1/s1. The smallest absolute Gasteiger partial charge is 0.307 e. The average molecular weight is 479 g/mol. The summed E-state index contributed by atoms with van der Waals surface area (Å²) in [5.41, 5.74) is 0.847. The number of esters is 1. The van der Waals surface area contributed by atoms with E-state index in [1.165, 1.54) is 18.1 Å². The Hall–Kier alpha value is -3.03. The summed E-state index contributed by atoms with van der Waals surface area (Å²) in [4.78, 5) is 31.0. The monoisotopic (exact) mass is 478 g/mol. The highest BCUT2D eigenvalue weighted by Crippen LogP contribution is 2.34. The predicted octanol–water partition coefficient (Wildman–Crippen LogP) is 5.61. The summed E-state index contributed by atoms with van der Waals surface area (Å²) in [5, 5.41) is 0.591. The summed E-state index contributed by atoms with van der Waals surface area (Å²) >= 11 is 12.4. The first kappa shape index (κ1) is 23.6. The Labute approximate surface area is 193 Å². The molecule has 166 valence electrons. The lowest BCUT2D eigenvalue weighted by Gasteiger charge is -2.32. The van der Waals surface area contributed by atoms with Gasteiger partial charge in [0.05, 0.1) is 19.6 Å². The number of rotatable bonds is 7. The van der Waals surface area contributed by atoms with Gasteiger partial charge in [-0.1, -0.05) is 35.3 Å². The Balaban J connectivity index is 2.13. The van der Waals surface area contributed by atoms with Gasteiger partial charge < -0.3 is 9.64 Å². The maximum atomic E-state index is 13.8. The third-order valence-corrected chi connectivity index (χ3v) is 5.29. The zero-order valence-electron chi connectivity index (χ0n) is 16.9. The first-order chi connectivity index (χ1) is 15.3. The van der Waals surface area contributed by atoms with Crippen molar-refractivity contribution in [2.45, 2.75) is 19.0 Å². The molecule has 0 saturated carbocycles. The highest BCUT2D eigenvalue weighted by atomic mass is 35.5. The van der Waals surface area contributed by atoms with E-state index in [1.54, 1.807) is 36.7 Å². The first-order valence-electron chi connectivity index (χ1n) is 9.46. The fourth-order valence-electron chi connectivity index (χ4n) is 3.26. The fraction of sp³-hybridized carbons (Fsp3) is 0.174. The average Bonchev–Trinajstić information content (AvgIpc) is 2.76. The SMILES string of the molecule is COC(=O)C[C@H](c1ccc(Cl)cc1Cl)N(Cc1cccnc1)C(=O)c1cc(F)cc(F)c1. The Morgan fingerprint density at radius 3 is 2.41 bits per heavy atom. The summed E-state index contributed by atoms with van der Waals surface area (Å²) in [6.07, 6.45) is 2.87. The van der Waals surface area contributed by atoms with Crippen LogP contribution < -0.4 is 0 Å². The van der Waals surface area contributed by atoms with Gasteiger partial charge in [0.25, 0.3) is 5.91 Å². The Morgan fingerprint density at radius 2 is 1.81 bits per heavy atom. The molecule has 5 nitrogen and oxygen atoms in total. The number of hydrogen-bond acceptors (Lipinski definition) is 4. The van der Waals surface area contributed by atoms with Crippen molar-refractivity contribution in [2.24, 2.45) is 0 Å². The molecule has 1 atom stereocenters. The number of ether oxygens (including phenoxy) is 1.